The molecule has 0 fully saturated rings. The standard InChI is InChI=1S/C18H19N3O4S3/c1-3-28(23,24)21-13-6-9-15-16(10-13)27-18(20-15)26-11-17(22)19-12-4-7-14(25-2)8-5-12/h4-10,21H,3,11H2,1-2H3,(H,19,22). The molecule has 0 saturated heterocycles. The first-order valence-electron chi connectivity index (χ1n) is 8.36. The number of thiazole rings is 1. The van der Waals surface area contributed by atoms with E-state index in [0.717, 1.165) is 20.3 Å². The van der Waals surface area contributed by atoms with Gasteiger partial charge in [-0.25, -0.2) is 13.4 Å². The second-order valence-electron chi connectivity index (χ2n) is 5.73. The zero-order chi connectivity index (χ0) is 20.1. The summed E-state index contributed by atoms with van der Waals surface area (Å²) < 4.78 is 32.6. The van der Waals surface area contributed by atoms with Crippen LogP contribution in [0.3, 0.4) is 0 Å². The second kappa shape index (κ2) is 8.80. The van der Waals surface area contributed by atoms with Gasteiger partial charge in [-0.15, -0.1) is 11.3 Å². The average Bonchev–Trinajstić information content (AvgIpc) is 3.09. The predicted octanol–water partition coefficient (Wildman–Crippen LogP) is 3.80. The summed E-state index contributed by atoms with van der Waals surface area (Å²) in [6.07, 6.45) is 0. The first-order chi connectivity index (χ1) is 13.4. The lowest BCUT2D eigenvalue weighted by atomic mass is 10.3. The smallest absolute Gasteiger partial charge is 0.234 e. The number of fused-ring (bicyclic) bond motifs is 1. The number of hydrogen-bond donors (Lipinski definition) is 2. The Morgan fingerprint density at radius 2 is 1.89 bits per heavy atom. The van der Waals surface area contributed by atoms with Crippen molar-refractivity contribution in [2.45, 2.75) is 11.3 Å². The molecule has 0 spiro atoms. The molecular weight excluding hydrogens is 418 g/mol. The van der Waals surface area contributed by atoms with E-state index in [4.69, 9.17) is 4.74 Å². The first kappa shape index (κ1) is 20.4. The maximum absolute atomic E-state index is 12.1. The molecule has 2 N–H and O–H groups in total. The Labute approximate surface area is 171 Å². The van der Waals surface area contributed by atoms with Gasteiger partial charge in [0.25, 0.3) is 0 Å². The van der Waals surface area contributed by atoms with Crippen LogP contribution in [0.5, 0.6) is 5.75 Å². The third-order valence-electron chi connectivity index (χ3n) is 3.72. The Morgan fingerprint density at radius 1 is 1.18 bits per heavy atom. The molecule has 0 atom stereocenters. The Balaban J connectivity index is 1.61. The highest BCUT2D eigenvalue weighted by molar-refractivity contribution is 8.01. The van der Waals surface area contributed by atoms with Crippen LogP contribution >= 0.6 is 23.1 Å². The van der Waals surface area contributed by atoms with Crippen LogP contribution < -0.4 is 14.8 Å². The molecule has 2 aromatic carbocycles. The van der Waals surface area contributed by atoms with Crippen molar-refractivity contribution in [1.29, 1.82) is 0 Å². The molecule has 0 radical (unpaired) electrons. The van der Waals surface area contributed by atoms with Crippen molar-refractivity contribution in [3.05, 3.63) is 42.5 Å². The van der Waals surface area contributed by atoms with E-state index in [0.29, 0.717) is 11.4 Å². The van der Waals surface area contributed by atoms with Crippen LogP contribution in [0.25, 0.3) is 10.2 Å². The number of thioether (sulfide) groups is 1. The lowest BCUT2D eigenvalue weighted by Gasteiger charge is -2.05. The zero-order valence-electron chi connectivity index (χ0n) is 15.3. The molecular formula is C18H19N3O4S3. The van der Waals surface area contributed by atoms with Gasteiger partial charge in [-0.3, -0.25) is 9.52 Å². The third-order valence-corrected chi connectivity index (χ3v) is 7.19. The van der Waals surface area contributed by atoms with Crippen LogP contribution in [-0.4, -0.2) is 37.9 Å². The van der Waals surface area contributed by atoms with Crippen LogP contribution in [0, 0.1) is 0 Å². The van der Waals surface area contributed by atoms with Crippen molar-refractivity contribution in [3.8, 4) is 5.75 Å². The lowest BCUT2D eigenvalue weighted by molar-refractivity contribution is -0.113. The highest BCUT2D eigenvalue weighted by atomic mass is 32.2. The predicted molar refractivity (Wildman–Crippen MR) is 115 cm³/mol. The quantitative estimate of drug-likeness (QED) is 0.520. The van der Waals surface area contributed by atoms with E-state index in [1.165, 1.54) is 23.1 Å². The number of nitrogens with zero attached hydrogens (tertiary/aromatic N) is 1. The highest BCUT2D eigenvalue weighted by Crippen LogP contribution is 2.31. The zero-order valence-corrected chi connectivity index (χ0v) is 17.7. The fourth-order valence-corrected chi connectivity index (χ4v) is 4.82. The molecule has 3 aromatic rings. The van der Waals surface area contributed by atoms with Crippen LogP contribution in [0.4, 0.5) is 11.4 Å². The molecule has 1 amide bonds. The molecule has 3 rings (SSSR count). The monoisotopic (exact) mass is 437 g/mol. The van der Waals surface area contributed by atoms with E-state index in [9.17, 15) is 13.2 Å². The van der Waals surface area contributed by atoms with E-state index < -0.39 is 10.0 Å². The molecule has 0 unspecified atom stereocenters. The van der Waals surface area contributed by atoms with Crippen molar-refractivity contribution in [3.63, 3.8) is 0 Å². The van der Waals surface area contributed by atoms with Crippen LogP contribution in [-0.2, 0) is 14.8 Å². The number of aromatic nitrogens is 1. The van der Waals surface area contributed by atoms with Crippen molar-refractivity contribution in [1.82, 2.24) is 4.98 Å². The molecule has 0 saturated carbocycles. The molecule has 0 aliphatic heterocycles. The van der Waals surface area contributed by atoms with Crippen molar-refractivity contribution >= 4 is 60.6 Å². The molecule has 148 valence electrons. The van der Waals surface area contributed by atoms with Crippen LogP contribution in [0.1, 0.15) is 6.92 Å². The minimum absolute atomic E-state index is 0.0120. The Morgan fingerprint density at radius 3 is 2.57 bits per heavy atom. The van der Waals surface area contributed by atoms with Gasteiger partial charge in [-0.2, -0.15) is 0 Å². The van der Waals surface area contributed by atoms with Gasteiger partial charge in [-0.1, -0.05) is 11.8 Å². The number of anilines is 2. The van der Waals surface area contributed by atoms with Gasteiger partial charge in [0.2, 0.25) is 15.9 Å². The topological polar surface area (TPSA) is 97.4 Å². The lowest BCUT2D eigenvalue weighted by Crippen LogP contribution is -2.14. The first-order valence-corrected chi connectivity index (χ1v) is 11.8. The van der Waals surface area contributed by atoms with Gasteiger partial charge in [0, 0.05) is 5.69 Å². The number of rotatable bonds is 8. The van der Waals surface area contributed by atoms with Gasteiger partial charge >= 0.3 is 0 Å². The minimum atomic E-state index is -3.32. The number of carbonyl (C=O) groups is 1. The van der Waals surface area contributed by atoms with E-state index >= 15 is 0 Å². The number of nitrogens with one attached hydrogen (secondary N) is 2. The number of benzene rings is 2. The summed E-state index contributed by atoms with van der Waals surface area (Å²) >= 11 is 2.76. The molecule has 10 heteroatoms. The third kappa shape index (κ3) is 5.37. The summed E-state index contributed by atoms with van der Waals surface area (Å²) in [5.41, 5.74) is 1.97. The van der Waals surface area contributed by atoms with Gasteiger partial charge in [0.05, 0.1) is 34.5 Å². The molecule has 7 nitrogen and oxygen atoms in total. The molecule has 1 heterocycles. The fraction of sp³-hybridized carbons (Fsp3) is 0.222. The van der Waals surface area contributed by atoms with E-state index in [1.807, 2.05) is 0 Å². The van der Waals surface area contributed by atoms with Gasteiger partial charge < -0.3 is 10.1 Å². The van der Waals surface area contributed by atoms with E-state index in [2.05, 4.69) is 15.0 Å². The van der Waals surface area contributed by atoms with Gasteiger partial charge in [0.15, 0.2) is 4.34 Å². The largest absolute Gasteiger partial charge is 0.497 e. The maximum atomic E-state index is 12.1. The average molecular weight is 438 g/mol. The molecule has 1 aromatic heterocycles. The number of hydrogen-bond acceptors (Lipinski definition) is 7. The number of amides is 1. The van der Waals surface area contributed by atoms with E-state index in [1.54, 1.807) is 56.5 Å². The Kier molecular flexibility index (Phi) is 6.42. The molecule has 0 aliphatic carbocycles. The Hall–Kier alpha value is -2.30. The summed E-state index contributed by atoms with van der Waals surface area (Å²) in [6.45, 7) is 1.58. The Bertz CT molecular complexity index is 1080. The normalized spacial score (nSPS) is 11.4. The molecule has 0 bridgehead atoms. The van der Waals surface area contributed by atoms with Crippen molar-refractivity contribution in [2.24, 2.45) is 0 Å². The van der Waals surface area contributed by atoms with Gasteiger partial charge in [-0.05, 0) is 49.4 Å². The maximum Gasteiger partial charge on any atom is 0.234 e. The summed E-state index contributed by atoms with van der Waals surface area (Å²) in [5.74, 6) is 0.826. The van der Waals surface area contributed by atoms with Crippen molar-refractivity contribution < 1.29 is 17.9 Å². The summed E-state index contributed by atoms with van der Waals surface area (Å²) in [6, 6.07) is 12.3. The summed E-state index contributed by atoms with van der Waals surface area (Å²) in [4.78, 5) is 16.6. The van der Waals surface area contributed by atoms with E-state index in [-0.39, 0.29) is 17.4 Å². The molecule has 0 aliphatic rings. The van der Waals surface area contributed by atoms with Crippen molar-refractivity contribution in [2.75, 3.05) is 28.7 Å². The molecule has 28 heavy (non-hydrogen) atoms. The fourth-order valence-electron chi connectivity index (χ4n) is 2.28. The minimum Gasteiger partial charge on any atom is -0.497 e. The van der Waals surface area contributed by atoms with Crippen LogP contribution in [0.2, 0.25) is 0 Å². The SMILES string of the molecule is CCS(=O)(=O)Nc1ccc2nc(SCC(=O)Nc3ccc(OC)cc3)sc2c1. The second-order valence-corrected chi connectivity index (χ2v) is 10.00. The summed E-state index contributed by atoms with van der Waals surface area (Å²) in [7, 11) is -1.73. The number of sulfonamides is 1. The highest BCUT2D eigenvalue weighted by Gasteiger charge is 2.11. The number of methoxy groups -OCH3 is 1. The van der Waals surface area contributed by atoms with Crippen LogP contribution in [0.15, 0.2) is 46.8 Å². The number of ether oxygens (including phenoxy) is 1. The van der Waals surface area contributed by atoms with Gasteiger partial charge in [0.1, 0.15) is 5.75 Å². The summed E-state index contributed by atoms with van der Waals surface area (Å²) in [5, 5.41) is 2.82. The number of carbonyl (C=O) groups excluding carboxylic acids is 1.